The van der Waals surface area contributed by atoms with E-state index in [9.17, 15) is 14.4 Å². The van der Waals surface area contributed by atoms with Crippen LogP contribution in [0.5, 0.6) is 5.75 Å². The number of hydrogen-bond acceptors (Lipinski definition) is 6. The zero-order valence-corrected chi connectivity index (χ0v) is 25.8. The molecular weight excluding hydrogens is 560 g/mol. The van der Waals surface area contributed by atoms with E-state index in [0.717, 1.165) is 5.56 Å². The van der Waals surface area contributed by atoms with Gasteiger partial charge in [0.05, 0.1) is 42.6 Å². The summed E-state index contributed by atoms with van der Waals surface area (Å²) in [5.41, 5.74) is 1.35. The van der Waals surface area contributed by atoms with E-state index < -0.39 is 17.7 Å². The van der Waals surface area contributed by atoms with Crippen LogP contribution in [0.4, 0.5) is 10.5 Å². The number of para-hydroxylation sites is 1. The second kappa shape index (κ2) is 13.8. The molecule has 1 unspecified atom stereocenters. The van der Waals surface area contributed by atoms with Gasteiger partial charge in [-0.2, -0.15) is 0 Å². The van der Waals surface area contributed by atoms with Gasteiger partial charge in [0.1, 0.15) is 11.8 Å². The van der Waals surface area contributed by atoms with Gasteiger partial charge in [0.2, 0.25) is 5.91 Å². The molecule has 0 radical (unpaired) electrons. The van der Waals surface area contributed by atoms with Crippen LogP contribution in [0.25, 0.3) is 0 Å². The maximum absolute atomic E-state index is 13.9. The fourth-order valence-electron chi connectivity index (χ4n) is 4.99. The molecule has 2 aromatic rings. The Labute approximate surface area is 252 Å². The maximum Gasteiger partial charge on any atom is 0.318 e. The summed E-state index contributed by atoms with van der Waals surface area (Å²) in [5.74, 6) is 0.104. The number of halogens is 1. The standard InChI is InChI=1S/C31H41ClN4O6/c1-6-41-23-11-12-24(25(32)17-23)28(37)36-18-21(2)35(19-22-9-7-8-10-27(22)36)30(39)33-26(20-42-31(3,4)5)29(38)34-13-15-40-16-14-34/h7-12,17,21,26H,6,13-16,18-20H2,1-5H3,(H,33,39)/t21-,26?/m1/s1. The van der Waals surface area contributed by atoms with E-state index in [1.54, 1.807) is 32.9 Å². The number of anilines is 1. The summed E-state index contributed by atoms with van der Waals surface area (Å²) in [7, 11) is 0. The Balaban J connectivity index is 1.57. The van der Waals surface area contributed by atoms with Crippen molar-refractivity contribution in [2.24, 2.45) is 0 Å². The first-order valence-electron chi connectivity index (χ1n) is 14.4. The molecule has 1 saturated heterocycles. The third kappa shape index (κ3) is 7.73. The van der Waals surface area contributed by atoms with Gasteiger partial charge in [-0.05, 0) is 64.4 Å². The Morgan fingerprint density at radius 3 is 2.50 bits per heavy atom. The molecule has 1 fully saturated rings. The molecule has 1 N–H and O–H groups in total. The molecule has 2 atom stereocenters. The number of carbonyl (C=O) groups is 3. The van der Waals surface area contributed by atoms with Crippen LogP contribution in [0.1, 0.15) is 50.5 Å². The summed E-state index contributed by atoms with van der Waals surface area (Å²) in [6, 6.07) is 10.9. The average molecular weight is 601 g/mol. The number of hydrogen-bond donors (Lipinski definition) is 1. The number of carbonyl (C=O) groups excluding carboxylic acids is 3. The molecule has 228 valence electrons. The monoisotopic (exact) mass is 600 g/mol. The smallest absolute Gasteiger partial charge is 0.318 e. The minimum atomic E-state index is -0.874. The fourth-order valence-corrected chi connectivity index (χ4v) is 5.24. The number of nitrogens with one attached hydrogen (secondary N) is 1. The quantitative estimate of drug-likeness (QED) is 0.507. The first-order chi connectivity index (χ1) is 20.0. The van der Waals surface area contributed by atoms with Gasteiger partial charge < -0.3 is 34.2 Å². The number of morpholine rings is 1. The average Bonchev–Trinajstić information content (AvgIpc) is 3.11. The van der Waals surface area contributed by atoms with E-state index in [2.05, 4.69) is 5.32 Å². The highest BCUT2D eigenvalue weighted by atomic mass is 35.5. The van der Waals surface area contributed by atoms with Gasteiger partial charge in [0.15, 0.2) is 0 Å². The molecule has 11 heteroatoms. The zero-order valence-electron chi connectivity index (χ0n) is 25.0. The minimum Gasteiger partial charge on any atom is -0.494 e. The highest BCUT2D eigenvalue weighted by Crippen LogP contribution is 2.31. The molecule has 0 aliphatic carbocycles. The van der Waals surface area contributed by atoms with E-state index in [1.807, 2.05) is 58.9 Å². The predicted octanol–water partition coefficient (Wildman–Crippen LogP) is 4.34. The number of fused-ring (bicyclic) bond motifs is 1. The Morgan fingerprint density at radius 1 is 1.12 bits per heavy atom. The zero-order chi connectivity index (χ0) is 30.4. The molecular formula is C31H41ClN4O6. The highest BCUT2D eigenvalue weighted by Gasteiger charge is 2.35. The van der Waals surface area contributed by atoms with Crippen LogP contribution >= 0.6 is 11.6 Å². The molecule has 2 aromatic carbocycles. The lowest BCUT2D eigenvalue weighted by Crippen LogP contribution is -2.57. The maximum atomic E-state index is 13.9. The van der Waals surface area contributed by atoms with Crippen molar-refractivity contribution in [2.45, 2.75) is 58.8 Å². The molecule has 4 amide bonds. The van der Waals surface area contributed by atoms with Gasteiger partial charge in [-0.15, -0.1) is 0 Å². The highest BCUT2D eigenvalue weighted by molar-refractivity contribution is 6.34. The van der Waals surface area contributed by atoms with Crippen molar-refractivity contribution in [1.82, 2.24) is 15.1 Å². The Kier molecular flexibility index (Phi) is 10.3. The fraction of sp³-hybridized carbons (Fsp3) is 0.516. The van der Waals surface area contributed by atoms with Crippen molar-refractivity contribution in [3.8, 4) is 5.75 Å². The summed E-state index contributed by atoms with van der Waals surface area (Å²) >= 11 is 6.52. The third-order valence-electron chi connectivity index (χ3n) is 7.19. The first-order valence-corrected chi connectivity index (χ1v) is 14.8. The van der Waals surface area contributed by atoms with E-state index in [0.29, 0.717) is 54.9 Å². The van der Waals surface area contributed by atoms with Gasteiger partial charge in [-0.25, -0.2) is 4.79 Å². The summed E-state index contributed by atoms with van der Waals surface area (Å²) in [6.45, 7) is 12.3. The predicted molar refractivity (Wildman–Crippen MR) is 161 cm³/mol. The number of urea groups is 1. The van der Waals surface area contributed by atoms with E-state index >= 15 is 0 Å². The van der Waals surface area contributed by atoms with Gasteiger partial charge in [-0.1, -0.05) is 29.8 Å². The molecule has 0 aromatic heterocycles. The van der Waals surface area contributed by atoms with Crippen molar-refractivity contribution in [1.29, 1.82) is 0 Å². The number of nitrogens with zero attached hydrogens (tertiary/aromatic N) is 3. The van der Waals surface area contributed by atoms with Crippen LogP contribution in [0.2, 0.25) is 5.02 Å². The molecule has 42 heavy (non-hydrogen) atoms. The van der Waals surface area contributed by atoms with E-state index in [1.165, 1.54) is 0 Å². The van der Waals surface area contributed by atoms with Crippen LogP contribution < -0.4 is 15.0 Å². The topological polar surface area (TPSA) is 101 Å². The molecule has 0 bridgehead atoms. The number of rotatable bonds is 7. The van der Waals surface area contributed by atoms with E-state index in [4.69, 9.17) is 25.8 Å². The molecule has 2 heterocycles. The van der Waals surface area contributed by atoms with Crippen molar-refractivity contribution >= 4 is 35.1 Å². The Bertz CT molecular complexity index is 1280. The molecule has 4 rings (SSSR count). The lowest BCUT2D eigenvalue weighted by Gasteiger charge is -2.34. The molecule has 10 nitrogen and oxygen atoms in total. The summed E-state index contributed by atoms with van der Waals surface area (Å²) < 4.78 is 16.9. The minimum absolute atomic E-state index is 0.0328. The summed E-state index contributed by atoms with van der Waals surface area (Å²) in [5, 5.41) is 3.23. The van der Waals surface area contributed by atoms with E-state index in [-0.39, 0.29) is 37.6 Å². The largest absolute Gasteiger partial charge is 0.494 e. The van der Waals surface area contributed by atoms with Crippen LogP contribution in [-0.2, 0) is 20.8 Å². The van der Waals surface area contributed by atoms with Crippen LogP contribution in [0.3, 0.4) is 0 Å². The molecule has 0 saturated carbocycles. The first kappa shape index (κ1) is 31.6. The Hall–Kier alpha value is -3.34. The van der Waals surface area contributed by atoms with Crippen molar-refractivity contribution in [3.05, 3.63) is 58.6 Å². The summed E-state index contributed by atoms with van der Waals surface area (Å²) in [4.78, 5) is 46.1. The molecule has 2 aliphatic heterocycles. The lowest BCUT2D eigenvalue weighted by atomic mass is 10.1. The van der Waals surface area contributed by atoms with Crippen LogP contribution in [0.15, 0.2) is 42.5 Å². The van der Waals surface area contributed by atoms with Crippen molar-refractivity contribution in [2.75, 3.05) is 51.0 Å². The van der Waals surface area contributed by atoms with Crippen LogP contribution in [0, 0.1) is 0 Å². The van der Waals surface area contributed by atoms with Gasteiger partial charge in [0.25, 0.3) is 5.91 Å². The van der Waals surface area contributed by atoms with Crippen molar-refractivity contribution in [3.63, 3.8) is 0 Å². The summed E-state index contributed by atoms with van der Waals surface area (Å²) in [6.07, 6.45) is 0. The second-order valence-corrected chi connectivity index (χ2v) is 11.9. The lowest BCUT2D eigenvalue weighted by molar-refractivity contribution is -0.140. The number of amides is 4. The van der Waals surface area contributed by atoms with Gasteiger partial charge in [0, 0.05) is 37.9 Å². The number of benzene rings is 2. The van der Waals surface area contributed by atoms with Gasteiger partial charge in [-0.3, -0.25) is 9.59 Å². The normalized spacial score (nSPS) is 18.1. The third-order valence-corrected chi connectivity index (χ3v) is 7.50. The molecule has 0 spiro atoms. The SMILES string of the molecule is CCOc1ccc(C(=O)N2C[C@@H](C)N(C(=O)NC(COC(C)(C)C)C(=O)N3CCOCC3)Cc3ccccc32)c(Cl)c1. The second-order valence-electron chi connectivity index (χ2n) is 11.5. The van der Waals surface area contributed by atoms with Crippen molar-refractivity contribution < 1.29 is 28.6 Å². The van der Waals surface area contributed by atoms with Crippen LogP contribution in [-0.4, -0.2) is 91.4 Å². The Morgan fingerprint density at radius 2 is 1.83 bits per heavy atom. The van der Waals surface area contributed by atoms with Gasteiger partial charge >= 0.3 is 6.03 Å². The molecule has 2 aliphatic rings. The number of ether oxygens (including phenoxy) is 3.